The van der Waals surface area contributed by atoms with Gasteiger partial charge in [-0.1, -0.05) is 30.7 Å². The molecule has 7 nitrogen and oxygen atoms in total. The lowest BCUT2D eigenvalue weighted by Crippen LogP contribution is -2.52. The van der Waals surface area contributed by atoms with E-state index >= 15 is 0 Å². The summed E-state index contributed by atoms with van der Waals surface area (Å²) in [6.07, 6.45) is 6.19. The third kappa shape index (κ3) is 5.38. The summed E-state index contributed by atoms with van der Waals surface area (Å²) in [5, 5.41) is 0.706. The number of likely N-dealkylation sites (tertiary alicyclic amines) is 1. The number of benzene rings is 1. The minimum absolute atomic E-state index is 0.173. The van der Waals surface area contributed by atoms with Crippen LogP contribution in [0.5, 0.6) is 0 Å². The largest absolute Gasteiger partial charge is 0.353 e. The van der Waals surface area contributed by atoms with Crippen LogP contribution < -0.4 is 4.90 Å². The molecule has 0 radical (unpaired) electrons. The molecule has 1 aromatic heterocycles. The van der Waals surface area contributed by atoms with Gasteiger partial charge < -0.3 is 19.6 Å². The fourth-order valence-electron chi connectivity index (χ4n) is 6.13. The highest BCUT2D eigenvalue weighted by Crippen LogP contribution is 2.37. The second-order valence-corrected chi connectivity index (χ2v) is 11.3. The van der Waals surface area contributed by atoms with E-state index in [9.17, 15) is 4.79 Å². The van der Waals surface area contributed by atoms with Crippen molar-refractivity contribution in [1.29, 1.82) is 0 Å². The van der Waals surface area contributed by atoms with E-state index in [1.807, 2.05) is 24.3 Å². The van der Waals surface area contributed by atoms with Gasteiger partial charge in [0.1, 0.15) is 12.1 Å². The number of piperazine rings is 1. The maximum atomic E-state index is 13.9. The third-order valence-electron chi connectivity index (χ3n) is 8.44. The number of carbonyl (C=O) groups is 1. The average molecular weight is 511 g/mol. The van der Waals surface area contributed by atoms with Crippen LogP contribution in [0.1, 0.15) is 54.8 Å². The number of rotatable bonds is 6. The standard InChI is InChI=1S/C28H39ClN6O/c1-20-4-9-25-26(20)27(31-19-30-25)34-14-16-35(17-15-34)28(36)24(21-5-7-22(29)8-6-21)18-33-12-10-23(11-13-33)32(2)3/h5-8,19-20,23-24H,4,9-18H2,1-3H3/t20-,24-/m1/s1. The van der Waals surface area contributed by atoms with Crippen LogP contribution >= 0.6 is 11.6 Å². The molecular formula is C28H39ClN6O. The molecule has 3 aliphatic rings. The quantitative estimate of drug-likeness (QED) is 0.591. The Kier molecular flexibility index (Phi) is 7.79. The lowest BCUT2D eigenvalue weighted by Gasteiger charge is -2.40. The smallest absolute Gasteiger partial charge is 0.231 e. The van der Waals surface area contributed by atoms with E-state index in [1.54, 1.807) is 6.33 Å². The lowest BCUT2D eigenvalue weighted by molar-refractivity contribution is -0.133. The van der Waals surface area contributed by atoms with Crippen molar-refractivity contribution in [3.05, 3.63) is 52.4 Å². The van der Waals surface area contributed by atoms with Gasteiger partial charge in [0.2, 0.25) is 5.91 Å². The van der Waals surface area contributed by atoms with Crippen LogP contribution in [0.15, 0.2) is 30.6 Å². The molecule has 2 saturated heterocycles. The van der Waals surface area contributed by atoms with Gasteiger partial charge in [-0.15, -0.1) is 0 Å². The summed E-state index contributed by atoms with van der Waals surface area (Å²) >= 11 is 6.18. The molecule has 194 valence electrons. The number of anilines is 1. The Morgan fingerprint density at radius 2 is 1.72 bits per heavy atom. The molecule has 5 rings (SSSR count). The van der Waals surface area contributed by atoms with Crippen molar-refractivity contribution in [2.45, 2.75) is 50.5 Å². The Morgan fingerprint density at radius 3 is 2.39 bits per heavy atom. The van der Waals surface area contributed by atoms with Gasteiger partial charge in [-0.05, 0) is 76.5 Å². The maximum absolute atomic E-state index is 13.9. The van der Waals surface area contributed by atoms with Crippen LogP contribution in [0, 0.1) is 0 Å². The van der Waals surface area contributed by atoms with Crippen LogP contribution in [0.2, 0.25) is 5.02 Å². The Balaban J connectivity index is 1.27. The second-order valence-electron chi connectivity index (χ2n) is 10.9. The number of nitrogens with zero attached hydrogens (tertiary/aromatic N) is 6. The molecule has 1 amide bonds. The number of aromatic nitrogens is 2. The number of piperidine rings is 1. The first-order valence-corrected chi connectivity index (χ1v) is 13.8. The molecule has 0 saturated carbocycles. The molecule has 1 aliphatic carbocycles. The van der Waals surface area contributed by atoms with Crippen LogP contribution in [0.4, 0.5) is 5.82 Å². The predicted octanol–water partition coefficient (Wildman–Crippen LogP) is 3.64. The minimum atomic E-state index is -0.173. The van der Waals surface area contributed by atoms with Gasteiger partial charge in [0.25, 0.3) is 0 Å². The van der Waals surface area contributed by atoms with Gasteiger partial charge in [-0.3, -0.25) is 4.79 Å². The van der Waals surface area contributed by atoms with Crippen molar-refractivity contribution < 1.29 is 4.79 Å². The van der Waals surface area contributed by atoms with E-state index in [-0.39, 0.29) is 11.8 Å². The molecule has 2 aliphatic heterocycles. The number of hydrogen-bond donors (Lipinski definition) is 0. The topological polar surface area (TPSA) is 55.8 Å². The van der Waals surface area contributed by atoms with Crippen molar-refractivity contribution >= 4 is 23.3 Å². The van der Waals surface area contributed by atoms with Crippen LogP contribution in [-0.2, 0) is 11.2 Å². The van der Waals surface area contributed by atoms with Gasteiger partial charge in [-0.25, -0.2) is 9.97 Å². The Labute approximate surface area is 220 Å². The van der Waals surface area contributed by atoms with Crippen LogP contribution in [-0.4, -0.2) is 96.5 Å². The number of carbonyl (C=O) groups excluding carboxylic acids is 1. The molecule has 3 heterocycles. The normalized spacial score (nSPS) is 22.2. The summed E-state index contributed by atoms with van der Waals surface area (Å²) in [6, 6.07) is 8.50. The predicted molar refractivity (Wildman–Crippen MR) is 145 cm³/mol. The number of aryl methyl sites for hydroxylation is 1. The third-order valence-corrected chi connectivity index (χ3v) is 8.69. The van der Waals surface area contributed by atoms with Gasteiger partial charge in [0.15, 0.2) is 0 Å². The minimum Gasteiger partial charge on any atom is -0.353 e. The van der Waals surface area contributed by atoms with E-state index in [2.05, 4.69) is 50.6 Å². The van der Waals surface area contributed by atoms with Gasteiger partial charge >= 0.3 is 0 Å². The first kappa shape index (κ1) is 25.4. The zero-order chi connectivity index (χ0) is 25.2. The highest BCUT2D eigenvalue weighted by atomic mass is 35.5. The van der Waals surface area contributed by atoms with E-state index in [0.29, 0.717) is 17.0 Å². The van der Waals surface area contributed by atoms with Crippen LogP contribution in [0.25, 0.3) is 0 Å². The van der Waals surface area contributed by atoms with E-state index in [4.69, 9.17) is 11.6 Å². The average Bonchev–Trinajstić information content (AvgIpc) is 3.29. The molecular weight excluding hydrogens is 472 g/mol. The fourth-order valence-corrected chi connectivity index (χ4v) is 6.26. The fraction of sp³-hybridized carbons (Fsp3) is 0.607. The Morgan fingerprint density at radius 1 is 1.03 bits per heavy atom. The Hall–Kier alpha value is -2.22. The Bertz CT molecular complexity index is 1040. The van der Waals surface area contributed by atoms with Crippen molar-refractivity contribution in [2.24, 2.45) is 0 Å². The molecule has 0 N–H and O–H groups in total. The molecule has 2 aromatic rings. The van der Waals surface area contributed by atoms with Gasteiger partial charge in [0, 0.05) is 55.0 Å². The van der Waals surface area contributed by atoms with Crippen molar-refractivity contribution in [3.63, 3.8) is 0 Å². The van der Waals surface area contributed by atoms with E-state index < -0.39 is 0 Å². The summed E-state index contributed by atoms with van der Waals surface area (Å²) in [7, 11) is 4.33. The van der Waals surface area contributed by atoms with Crippen molar-refractivity contribution in [3.8, 4) is 0 Å². The summed E-state index contributed by atoms with van der Waals surface area (Å²) in [4.78, 5) is 32.3. The molecule has 2 atom stereocenters. The molecule has 2 fully saturated rings. The zero-order valence-corrected chi connectivity index (χ0v) is 22.6. The summed E-state index contributed by atoms with van der Waals surface area (Å²) in [5.41, 5.74) is 3.58. The van der Waals surface area contributed by atoms with Gasteiger partial charge in [0.05, 0.1) is 5.92 Å². The molecule has 1 aromatic carbocycles. The molecule has 0 bridgehead atoms. The summed E-state index contributed by atoms with van der Waals surface area (Å²) in [5.74, 6) is 1.64. The molecule has 36 heavy (non-hydrogen) atoms. The number of halogens is 1. The van der Waals surface area contributed by atoms with Gasteiger partial charge in [-0.2, -0.15) is 0 Å². The van der Waals surface area contributed by atoms with Crippen molar-refractivity contribution in [1.82, 2.24) is 24.7 Å². The maximum Gasteiger partial charge on any atom is 0.231 e. The first-order valence-electron chi connectivity index (χ1n) is 13.4. The molecule has 0 spiro atoms. The number of fused-ring (bicyclic) bond motifs is 1. The summed E-state index contributed by atoms with van der Waals surface area (Å²) in [6.45, 7) is 8.16. The monoisotopic (exact) mass is 510 g/mol. The number of amides is 1. The molecule has 0 unspecified atom stereocenters. The van der Waals surface area contributed by atoms with E-state index in [1.165, 1.54) is 11.3 Å². The van der Waals surface area contributed by atoms with Crippen LogP contribution in [0.3, 0.4) is 0 Å². The zero-order valence-electron chi connectivity index (χ0n) is 21.9. The molecule has 8 heteroatoms. The number of hydrogen-bond acceptors (Lipinski definition) is 6. The lowest BCUT2D eigenvalue weighted by atomic mass is 9.94. The summed E-state index contributed by atoms with van der Waals surface area (Å²) < 4.78 is 0. The first-order chi connectivity index (χ1) is 17.4. The second kappa shape index (κ2) is 11.0. The van der Waals surface area contributed by atoms with Crippen molar-refractivity contribution in [2.75, 3.05) is 64.8 Å². The van der Waals surface area contributed by atoms with E-state index in [0.717, 1.165) is 82.9 Å². The SMILES string of the molecule is C[C@@H]1CCc2ncnc(N3CCN(C(=O)[C@H](CN4CCC(N(C)C)CC4)c4ccc(Cl)cc4)CC3)c21. The highest BCUT2D eigenvalue weighted by Gasteiger charge is 2.33. The highest BCUT2D eigenvalue weighted by molar-refractivity contribution is 6.30.